The van der Waals surface area contributed by atoms with Crippen molar-refractivity contribution in [2.24, 2.45) is 11.8 Å². The highest BCUT2D eigenvalue weighted by molar-refractivity contribution is 7.99. The Morgan fingerprint density at radius 1 is 1.27 bits per heavy atom. The number of hydrogen-bond donors (Lipinski definition) is 2. The number of fused-ring (bicyclic) bond motifs is 1. The summed E-state index contributed by atoms with van der Waals surface area (Å²) < 4.78 is 1.70. The number of amides is 1. The van der Waals surface area contributed by atoms with Crippen LogP contribution in [-0.2, 0) is 11.3 Å². The van der Waals surface area contributed by atoms with Crippen molar-refractivity contribution >= 4 is 28.7 Å². The summed E-state index contributed by atoms with van der Waals surface area (Å²) in [5.74, 6) is 1.29. The van der Waals surface area contributed by atoms with Gasteiger partial charge in [-0.2, -0.15) is 0 Å². The zero-order chi connectivity index (χ0) is 19.3. The number of nitrogens with one attached hydrogen (secondary N) is 2. The van der Waals surface area contributed by atoms with Crippen molar-refractivity contribution in [2.75, 3.05) is 12.3 Å². The van der Waals surface area contributed by atoms with Crippen LogP contribution in [0.1, 0.15) is 46.2 Å². The number of rotatable bonds is 9. The van der Waals surface area contributed by atoms with E-state index in [9.17, 15) is 9.59 Å². The molecular formula is C19H30N4O2S. The quantitative estimate of drug-likeness (QED) is 0.518. The van der Waals surface area contributed by atoms with Gasteiger partial charge in [0.2, 0.25) is 5.91 Å². The van der Waals surface area contributed by atoms with E-state index >= 15 is 0 Å². The molecule has 0 saturated carbocycles. The van der Waals surface area contributed by atoms with Gasteiger partial charge in [0.15, 0.2) is 5.16 Å². The van der Waals surface area contributed by atoms with Crippen LogP contribution in [0.3, 0.4) is 0 Å². The molecule has 2 rings (SSSR count). The third kappa shape index (κ3) is 5.62. The molecule has 2 aromatic rings. The normalized spacial score (nSPS) is 11.7. The summed E-state index contributed by atoms with van der Waals surface area (Å²) in [6, 6.07) is 1.87. The number of aromatic nitrogens is 3. The average Bonchev–Trinajstić information content (AvgIpc) is 2.92. The SMILES string of the molecule is Cc1cc2nc(SCC(=O)NCCC(C)C)n(CCC(C)C)c(=O)c2[nH]1. The summed E-state index contributed by atoms with van der Waals surface area (Å²) in [4.78, 5) is 32.7. The fourth-order valence-electron chi connectivity index (χ4n) is 2.59. The van der Waals surface area contributed by atoms with Crippen molar-refractivity contribution in [3.63, 3.8) is 0 Å². The number of nitrogens with zero attached hydrogens (tertiary/aromatic N) is 2. The van der Waals surface area contributed by atoms with Crippen LogP contribution in [0.4, 0.5) is 0 Å². The molecule has 26 heavy (non-hydrogen) atoms. The van der Waals surface area contributed by atoms with E-state index in [-0.39, 0.29) is 17.2 Å². The topological polar surface area (TPSA) is 79.8 Å². The van der Waals surface area contributed by atoms with Gasteiger partial charge in [0, 0.05) is 18.8 Å². The Balaban J connectivity index is 2.17. The van der Waals surface area contributed by atoms with Crippen LogP contribution < -0.4 is 10.9 Å². The molecule has 0 saturated heterocycles. The van der Waals surface area contributed by atoms with Gasteiger partial charge in [0.25, 0.3) is 5.56 Å². The maximum atomic E-state index is 12.8. The minimum atomic E-state index is -0.0635. The minimum Gasteiger partial charge on any atom is -0.355 e. The van der Waals surface area contributed by atoms with E-state index < -0.39 is 0 Å². The van der Waals surface area contributed by atoms with Crippen LogP contribution >= 0.6 is 11.8 Å². The molecule has 0 unspecified atom stereocenters. The molecule has 0 aromatic carbocycles. The number of carbonyl (C=O) groups is 1. The Labute approximate surface area is 159 Å². The first-order valence-corrected chi connectivity index (χ1v) is 10.3. The maximum absolute atomic E-state index is 12.8. The summed E-state index contributed by atoms with van der Waals surface area (Å²) in [6.45, 7) is 11.7. The lowest BCUT2D eigenvalue weighted by Gasteiger charge is -2.13. The first-order chi connectivity index (χ1) is 12.3. The van der Waals surface area contributed by atoms with E-state index in [1.165, 1.54) is 11.8 Å². The molecule has 7 heteroatoms. The number of hydrogen-bond acceptors (Lipinski definition) is 4. The zero-order valence-corrected chi connectivity index (χ0v) is 17.2. The summed E-state index contributed by atoms with van der Waals surface area (Å²) in [5, 5.41) is 3.54. The van der Waals surface area contributed by atoms with Crippen LogP contribution in [0.5, 0.6) is 0 Å². The lowest BCUT2D eigenvalue weighted by atomic mass is 10.1. The molecule has 0 bridgehead atoms. The van der Waals surface area contributed by atoms with Crippen LogP contribution in [-0.4, -0.2) is 32.7 Å². The Morgan fingerprint density at radius 2 is 1.96 bits per heavy atom. The number of carbonyl (C=O) groups excluding carboxylic acids is 1. The molecule has 2 aromatic heterocycles. The van der Waals surface area contributed by atoms with E-state index in [0.29, 0.717) is 41.1 Å². The first kappa shape index (κ1) is 20.6. The van der Waals surface area contributed by atoms with Crippen molar-refractivity contribution in [2.45, 2.75) is 59.2 Å². The van der Waals surface area contributed by atoms with Gasteiger partial charge >= 0.3 is 0 Å². The highest BCUT2D eigenvalue weighted by atomic mass is 32.2. The molecule has 2 heterocycles. The lowest BCUT2D eigenvalue weighted by Crippen LogP contribution is -2.28. The van der Waals surface area contributed by atoms with Crippen LogP contribution in [0.2, 0.25) is 0 Å². The van der Waals surface area contributed by atoms with E-state index in [4.69, 9.17) is 0 Å². The monoisotopic (exact) mass is 378 g/mol. The van der Waals surface area contributed by atoms with Gasteiger partial charge in [0.05, 0.1) is 11.3 Å². The second kappa shape index (κ2) is 9.26. The van der Waals surface area contributed by atoms with Gasteiger partial charge in [-0.1, -0.05) is 39.5 Å². The van der Waals surface area contributed by atoms with Gasteiger partial charge < -0.3 is 10.3 Å². The van der Waals surface area contributed by atoms with E-state index in [1.807, 2.05) is 13.0 Å². The van der Waals surface area contributed by atoms with Crippen molar-refractivity contribution in [1.29, 1.82) is 0 Å². The zero-order valence-electron chi connectivity index (χ0n) is 16.4. The highest BCUT2D eigenvalue weighted by Gasteiger charge is 2.15. The number of aromatic amines is 1. The van der Waals surface area contributed by atoms with Crippen LogP contribution in [0, 0.1) is 18.8 Å². The average molecular weight is 379 g/mol. The predicted octanol–water partition coefficient (Wildman–Crippen LogP) is 3.33. The molecule has 0 aliphatic rings. The fraction of sp³-hybridized carbons (Fsp3) is 0.632. The molecule has 0 aliphatic heterocycles. The van der Waals surface area contributed by atoms with Crippen molar-refractivity contribution in [3.05, 3.63) is 22.1 Å². The fourth-order valence-corrected chi connectivity index (χ4v) is 3.44. The summed E-state index contributed by atoms with van der Waals surface area (Å²) in [5.41, 5.74) is 2.05. The summed E-state index contributed by atoms with van der Waals surface area (Å²) in [7, 11) is 0. The van der Waals surface area contributed by atoms with Gasteiger partial charge in [0.1, 0.15) is 5.52 Å². The molecular weight excluding hydrogens is 348 g/mol. The molecule has 0 aliphatic carbocycles. The van der Waals surface area contributed by atoms with Crippen molar-refractivity contribution in [1.82, 2.24) is 19.9 Å². The predicted molar refractivity (Wildman–Crippen MR) is 108 cm³/mol. The number of thioether (sulfide) groups is 1. The van der Waals surface area contributed by atoms with E-state index in [2.05, 4.69) is 43.0 Å². The second-order valence-electron chi connectivity index (χ2n) is 7.57. The third-order valence-corrected chi connectivity index (χ3v) is 5.12. The Kier molecular flexibility index (Phi) is 7.32. The summed E-state index contributed by atoms with van der Waals surface area (Å²) >= 11 is 1.33. The molecule has 0 atom stereocenters. The number of H-pyrrole nitrogens is 1. The highest BCUT2D eigenvalue weighted by Crippen LogP contribution is 2.19. The molecule has 2 N–H and O–H groups in total. The minimum absolute atomic E-state index is 0.0225. The van der Waals surface area contributed by atoms with Gasteiger partial charge in [-0.15, -0.1) is 0 Å². The molecule has 6 nitrogen and oxygen atoms in total. The summed E-state index contributed by atoms with van der Waals surface area (Å²) in [6.07, 6.45) is 1.85. The Morgan fingerprint density at radius 3 is 2.62 bits per heavy atom. The second-order valence-corrected chi connectivity index (χ2v) is 8.51. The third-order valence-electron chi connectivity index (χ3n) is 4.14. The van der Waals surface area contributed by atoms with Crippen molar-refractivity contribution < 1.29 is 4.79 Å². The molecule has 144 valence electrons. The standard InChI is InChI=1S/C19H30N4O2S/c1-12(2)6-8-20-16(24)11-26-19-22-15-10-14(5)21-17(15)18(25)23(19)9-7-13(3)4/h10,12-13,21H,6-9,11H2,1-5H3,(H,20,24). The molecule has 0 radical (unpaired) electrons. The molecule has 0 spiro atoms. The van der Waals surface area contributed by atoms with Crippen LogP contribution in [0.25, 0.3) is 11.0 Å². The van der Waals surface area contributed by atoms with E-state index in [1.54, 1.807) is 4.57 Å². The Hall–Kier alpha value is -1.76. The molecule has 1 amide bonds. The lowest BCUT2D eigenvalue weighted by molar-refractivity contribution is -0.118. The smallest absolute Gasteiger partial charge is 0.278 e. The van der Waals surface area contributed by atoms with E-state index in [0.717, 1.165) is 18.5 Å². The van der Waals surface area contributed by atoms with Gasteiger partial charge in [-0.05, 0) is 37.7 Å². The number of aryl methyl sites for hydroxylation is 1. The van der Waals surface area contributed by atoms with Crippen LogP contribution in [0.15, 0.2) is 16.0 Å². The van der Waals surface area contributed by atoms with Crippen molar-refractivity contribution in [3.8, 4) is 0 Å². The van der Waals surface area contributed by atoms with Gasteiger partial charge in [-0.3, -0.25) is 14.2 Å². The Bertz CT molecular complexity index is 808. The molecule has 0 fully saturated rings. The maximum Gasteiger partial charge on any atom is 0.278 e. The first-order valence-electron chi connectivity index (χ1n) is 9.27. The largest absolute Gasteiger partial charge is 0.355 e. The van der Waals surface area contributed by atoms with Gasteiger partial charge in [-0.25, -0.2) is 4.98 Å².